The number of hydrogen-bond donors (Lipinski definition) is 0. The molecule has 0 aromatic heterocycles. The van der Waals surface area contributed by atoms with Crippen molar-refractivity contribution in [3.05, 3.63) is 0 Å². The summed E-state index contributed by atoms with van der Waals surface area (Å²) in [6.45, 7) is 6.77. The Morgan fingerprint density at radius 1 is 0.562 bits per heavy atom. The lowest BCUT2D eigenvalue weighted by Gasteiger charge is -2.11. The number of carbonyl (C=O) groups is 2. The van der Waals surface area contributed by atoms with Crippen LogP contribution in [0, 0.1) is 0 Å². The van der Waals surface area contributed by atoms with Crippen LogP contribution in [0.15, 0.2) is 0 Å². The first kappa shape index (κ1) is 30.9. The van der Waals surface area contributed by atoms with Gasteiger partial charge in [-0.25, -0.2) is 0 Å². The second-order valence-corrected chi connectivity index (χ2v) is 9.47. The molecule has 0 aromatic rings. The SMILES string of the molecule is CCCCCCCCCCCCCCCCCCOC(=O)CCCC(=O)OC(C)CCC. The van der Waals surface area contributed by atoms with Gasteiger partial charge in [-0.15, -0.1) is 0 Å². The Morgan fingerprint density at radius 2 is 1.00 bits per heavy atom. The number of esters is 2. The standard InChI is InChI=1S/C28H54O4/c1-4-6-7-8-9-10-11-12-13-14-15-16-17-18-19-20-25-31-27(29)23-21-24-28(30)32-26(3)22-5-2/h26H,4-25H2,1-3H3. The average Bonchev–Trinajstić information content (AvgIpc) is 2.76. The lowest BCUT2D eigenvalue weighted by molar-refractivity contribution is -0.149. The minimum atomic E-state index is -0.212. The van der Waals surface area contributed by atoms with E-state index in [0.29, 0.717) is 25.9 Å². The van der Waals surface area contributed by atoms with Gasteiger partial charge in [-0.05, 0) is 26.2 Å². The van der Waals surface area contributed by atoms with Crippen LogP contribution in [0.4, 0.5) is 0 Å². The molecule has 1 unspecified atom stereocenters. The van der Waals surface area contributed by atoms with Crippen molar-refractivity contribution in [3.63, 3.8) is 0 Å². The van der Waals surface area contributed by atoms with E-state index < -0.39 is 0 Å². The third kappa shape index (κ3) is 23.6. The van der Waals surface area contributed by atoms with Gasteiger partial charge in [0.05, 0.1) is 12.7 Å². The van der Waals surface area contributed by atoms with Crippen molar-refractivity contribution in [2.45, 2.75) is 162 Å². The maximum absolute atomic E-state index is 11.7. The molecule has 32 heavy (non-hydrogen) atoms. The van der Waals surface area contributed by atoms with Gasteiger partial charge in [0.15, 0.2) is 0 Å². The van der Waals surface area contributed by atoms with Gasteiger partial charge in [-0.3, -0.25) is 9.59 Å². The van der Waals surface area contributed by atoms with Gasteiger partial charge in [0.25, 0.3) is 0 Å². The fourth-order valence-electron chi connectivity index (χ4n) is 4.03. The maximum Gasteiger partial charge on any atom is 0.306 e. The van der Waals surface area contributed by atoms with Crippen LogP contribution in [-0.2, 0) is 19.1 Å². The van der Waals surface area contributed by atoms with Gasteiger partial charge < -0.3 is 9.47 Å². The summed E-state index contributed by atoms with van der Waals surface area (Å²) < 4.78 is 10.6. The summed E-state index contributed by atoms with van der Waals surface area (Å²) in [7, 11) is 0. The lowest BCUT2D eigenvalue weighted by Crippen LogP contribution is -2.15. The normalized spacial score (nSPS) is 12.0. The predicted molar refractivity (Wildman–Crippen MR) is 135 cm³/mol. The summed E-state index contributed by atoms with van der Waals surface area (Å²) in [5, 5.41) is 0. The van der Waals surface area contributed by atoms with E-state index in [-0.39, 0.29) is 18.0 Å². The lowest BCUT2D eigenvalue weighted by atomic mass is 10.0. The van der Waals surface area contributed by atoms with E-state index >= 15 is 0 Å². The zero-order valence-corrected chi connectivity index (χ0v) is 21.8. The highest BCUT2D eigenvalue weighted by Gasteiger charge is 2.10. The Balaban J connectivity index is 3.26. The molecule has 0 spiro atoms. The fourth-order valence-corrected chi connectivity index (χ4v) is 4.03. The summed E-state index contributed by atoms with van der Waals surface area (Å²) >= 11 is 0. The van der Waals surface area contributed by atoms with Crippen LogP contribution in [0.25, 0.3) is 0 Å². The van der Waals surface area contributed by atoms with Crippen LogP contribution in [0.5, 0.6) is 0 Å². The molecule has 0 rings (SSSR count). The molecule has 0 saturated heterocycles. The highest BCUT2D eigenvalue weighted by molar-refractivity contribution is 5.72. The van der Waals surface area contributed by atoms with Crippen LogP contribution < -0.4 is 0 Å². The van der Waals surface area contributed by atoms with Crippen molar-refractivity contribution >= 4 is 11.9 Å². The predicted octanol–water partition coefficient (Wildman–Crippen LogP) is 8.69. The van der Waals surface area contributed by atoms with E-state index in [1.165, 1.54) is 89.9 Å². The molecule has 0 N–H and O–H groups in total. The summed E-state index contributed by atoms with van der Waals surface area (Å²) in [6, 6.07) is 0. The van der Waals surface area contributed by atoms with Crippen LogP contribution in [0.1, 0.15) is 156 Å². The topological polar surface area (TPSA) is 52.6 Å². The Labute approximate surface area is 199 Å². The summed E-state index contributed by atoms with van der Waals surface area (Å²) in [6.07, 6.45) is 24.4. The van der Waals surface area contributed by atoms with Gasteiger partial charge in [-0.1, -0.05) is 117 Å². The second kappa shape index (κ2) is 24.6. The van der Waals surface area contributed by atoms with E-state index in [9.17, 15) is 9.59 Å². The van der Waals surface area contributed by atoms with Gasteiger partial charge >= 0.3 is 11.9 Å². The molecule has 0 aliphatic carbocycles. The fraction of sp³-hybridized carbons (Fsp3) is 0.929. The van der Waals surface area contributed by atoms with E-state index in [4.69, 9.17) is 9.47 Å². The van der Waals surface area contributed by atoms with Crippen molar-refractivity contribution < 1.29 is 19.1 Å². The molecule has 0 bridgehead atoms. The summed E-state index contributed by atoms with van der Waals surface area (Å²) in [5.41, 5.74) is 0. The van der Waals surface area contributed by atoms with E-state index in [0.717, 1.165) is 25.7 Å². The van der Waals surface area contributed by atoms with Crippen molar-refractivity contribution in [3.8, 4) is 0 Å². The van der Waals surface area contributed by atoms with Gasteiger partial charge in [0, 0.05) is 12.8 Å². The average molecular weight is 455 g/mol. The molecule has 0 aliphatic heterocycles. The van der Waals surface area contributed by atoms with Gasteiger partial charge in [0.1, 0.15) is 0 Å². The summed E-state index contributed by atoms with van der Waals surface area (Å²) in [5.74, 6) is -0.406. The van der Waals surface area contributed by atoms with Crippen LogP contribution >= 0.6 is 0 Å². The second-order valence-electron chi connectivity index (χ2n) is 9.47. The zero-order valence-electron chi connectivity index (χ0n) is 21.8. The minimum Gasteiger partial charge on any atom is -0.466 e. The van der Waals surface area contributed by atoms with E-state index in [1.807, 2.05) is 6.92 Å². The largest absolute Gasteiger partial charge is 0.466 e. The molecule has 190 valence electrons. The van der Waals surface area contributed by atoms with Crippen LogP contribution in [0.3, 0.4) is 0 Å². The van der Waals surface area contributed by atoms with Crippen molar-refractivity contribution in [1.82, 2.24) is 0 Å². The van der Waals surface area contributed by atoms with Crippen LogP contribution in [0.2, 0.25) is 0 Å². The van der Waals surface area contributed by atoms with E-state index in [1.54, 1.807) is 0 Å². The molecule has 0 radical (unpaired) electrons. The molecule has 1 atom stereocenters. The molecule has 0 aromatic carbocycles. The number of carbonyl (C=O) groups excluding carboxylic acids is 2. The highest BCUT2D eigenvalue weighted by Crippen LogP contribution is 2.14. The number of unbranched alkanes of at least 4 members (excludes halogenated alkanes) is 15. The third-order valence-corrected chi connectivity index (χ3v) is 6.05. The monoisotopic (exact) mass is 454 g/mol. The number of ether oxygens (including phenoxy) is 2. The Kier molecular flexibility index (Phi) is 23.8. The quantitative estimate of drug-likeness (QED) is 0.108. The van der Waals surface area contributed by atoms with Crippen molar-refractivity contribution in [2.24, 2.45) is 0 Å². The molecule has 4 heteroatoms. The zero-order chi connectivity index (χ0) is 23.7. The molecule has 0 saturated carbocycles. The molecule has 0 aliphatic rings. The Bertz CT molecular complexity index is 422. The third-order valence-electron chi connectivity index (χ3n) is 6.05. The molecule has 0 fully saturated rings. The van der Waals surface area contributed by atoms with Crippen molar-refractivity contribution in [1.29, 1.82) is 0 Å². The maximum atomic E-state index is 11.7. The Morgan fingerprint density at radius 3 is 1.47 bits per heavy atom. The van der Waals surface area contributed by atoms with Gasteiger partial charge in [-0.2, -0.15) is 0 Å². The Hall–Kier alpha value is -1.06. The highest BCUT2D eigenvalue weighted by atomic mass is 16.5. The minimum absolute atomic E-state index is 0.0330. The molecule has 0 amide bonds. The van der Waals surface area contributed by atoms with Crippen molar-refractivity contribution in [2.75, 3.05) is 6.61 Å². The molecule has 0 heterocycles. The smallest absolute Gasteiger partial charge is 0.306 e. The number of rotatable bonds is 24. The number of hydrogen-bond acceptors (Lipinski definition) is 4. The first-order valence-corrected chi connectivity index (χ1v) is 13.9. The first-order chi connectivity index (χ1) is 15.6. The van der Waals surface area contributed by atoms with Gasteiger partial charge in [0.2, 0.25) is 0 Å². The molecular weight excluding hydrogens is 400 g/mol. The van der Waals surface area contributed by atoms with E-state index in [2.05, 4.69) is 13.8 Å². The molecule has 4 nitrogen and oxygen atoms in total. The van der Waals surface area contributed by atoms with Crippen LogP contribution in [-0.4, -0.2) is 24.6 Å². The first-order valence-electron chi connectivity index (χ1n) is 13.9. The summed E-state index contributed by atoms with van der Waals surface area (Å²) in [4.78, 5) is 23.4. The molecular formula is C28H54O4.